The van der Waals surface area contributed by atoms with Gasteiger partial charge in [-0.1, -0.05) is 6.07 Å². The molecule has 0 saturated carbocycles. The first kappa shape index (κ1) is 18.6. The lowest BCUT2D eigenvalue weighted by Crippen LogP contribution is -2.54. The molecule has 142 valence electrons. The van der Waals surface area contributed by atoms with Crippen molar-refractivity contribution >= 4 is 12.0 Å². The second-order valence-corrected chi connectivity index (χ2v) is 6.83. The minimum absolute atomic E-state index is 0.0401. The Morgan fingerprint density at radius 1 is 1.15 bits per heavy atom. The van der Waals surface area contributed by atoms with Gasteiger partial charge < -0.3 is 14.4 Å². The Hall–Kier alpha value is -2.15. The van der Waals surface area contributed by atoms with Crippen molar-refractivity contribution in [3.8, 4) is 0 Å². The Morgan fingerprint density at radius 2 is 1.96 bits per heavy atom. The van der Waals surface area contributed by atoms with E-state index in [1.54, 1.807) is 11.1 Å². The van der Waals surface area contributed by atoms with Gasteiger partial charge in [0.2, 0.25) is 5.91 Å². The number of likely N-dealkylation sites (tertiary alicyclic amines) is 2. The molecule has 1 atom stereocenters. The Balaban J connectivity index is 1.49. The zero-order valence-corrected chi connectivity index (χ0v) is 15.3. The Bertz CT molecular complexity index is 602. The van der Waals surface area contributed by atoms with E-state index in [4.69, 9.17) is 9.47 Å². The summed E-state index contributed by atoms with van der Waals surface area (Å²) in [5.74, 6) is 0.0401. The van der Waals surface area contributed by atoms with Gasteiger partial charge in [0.1, 0.15) is 6.04 Å². The number of aromatic nitrogens is 1. The second kappa shape index (κ2) is 8.98. The topological polar surface area (TPSA) is 72.0 Å². The van der Waals surface area contributed by atoms with Crippen LogP contribution in [0, 0.1) is 0 Å². The number of piperidine rings is 2. The summed E-state index contributed by atoms with van der Waals surface area (Å²) in [4.78, 5) is 32.5. The van der Waals surface area contributed by atoms with Crippen LogP contribution in [0.25, 0.3) is 0 Å². The summed E-state index contributed by atoms with van der Waals surface area (Å²) >= 11 is 0. The van der Waals surface area contributed by atoms with Gasteiger partial charge in [0.15, 0.2) is 0 Å². The van der Waals surface area contributed by atoms with Gasteiger partial charge in [-0.2, -0.15) is 0 Å². The molecule has 26 heavy (non-hydrogen) atoms. The molecule has 0 N–H and O–H groups in total. The molecule has 2 saturated heterocycles. The van der Waals surface area contributed by atoms with Crippen molar-refractivity contribution < 1.29 is 19.1 Å². The maximum Gasteiger partial charge on any atom is 0.410 e. The van der Waals surface area contributed by atoms with E-state index >= 15 is 0 Å². The normalized spacial score (nSPS) is 21.5. The molecular weight excluding hydrogens is 334 g/mol. The minimum Gasteiger partial charge on any atom is -0.453 e. The third-order valence-corrected chi connectivity index (χ3v) is 5.14. The molecule has 3 heterocycles. The van der Waals surface area contributed by atoms with Crippen LogP contribution < -0.4 is 0 Å². The van der Waals surface area contributed by atoms with Crippen molar-refractivity contribution in [3.63, 3.8) is 0 Å². The molecule has 0 aliphatic carbocycles. The molecule has 2 aliphatic heterocycles. The highest BCUT2D eigenvalue weighted by atomic mass is 16.5. The molecule has 7 heteroatoms. The van der Waals surface area contributed by atoms with Crippen LogP contribution in [0.3, 0.4) is 0 Å². The van der Waals surface area contributed by atoms with Crippen LogP contribution in [0.2, 0.25) is 0 Å². The van der Waals surface area contributed by atoms with Crippen molar-refractivity contribution in [1.82, 2.24) is 14.8 Å². The number of hydrogen-bond acceptors (Lipinski definition) is 5. The van der Waals surface area contributed by atoms with Gasteiger partial charge in [0, 0.05) is 25.8 Å². The van der Waals surface area contributed by atoms with E-state index in [9.17, 15) is 9.59 Å². The van der Waals surface area contributed by atoms with E-state index in [-0.39, 0.29) is 18.1 Å². The Morgan fingerprint density at radius 3 is 2.65 bits per heavy atom. The van der Waals surface area contributed by atoms with E-state index in [2.05, 4.69) is 4.98 Å². The fourth-order valence-electron chi connectivity index (χ4n) is 3.66. The first-order valence-electron chi connectivity index (χ1n) is 9.34. The maximum absolute atomic E-state index is 12.9. The number of pyridine rings is 1. The number of ether oxygens (including phenoxy) is 2. The zero-order chi connectivity index (χ0) is 18.4. The molecule has 0 spiro atoms. The maximum atomic E-state index is 12.9. The molecule has 3 rings (SSSR count). The minimum atomic E-state index is -0.406. The van der Waals surface area contributed by atoms with Crippen molar-refractivity contribution in [3.05, 3.63) is 30.1 Å². The summed E-state index contributed by atoms with van der Waals surface area (Å²) in [6, 6.07) is 5.39. The van der Waals surface area contributed by atoms with Crippen LogP contribution in [-0.2, 0) is 20.9 Å². The van der Waals surface area contributed by atoms with Crippen molar-refractivity contribution in [1.29, 1.82) is 0 Å². The quantitative estimate of drug-likeness (QED) is 0.822. The average molecular weight is 361 g/mol. The molecule has 0 bridgehead atoms. The summed E-state index contributed by atoms with van der Waals surface area (Å²) in [5, 5.41) is 0. The monoisotopic (exact) mass is 361 g/mol. The predicted octanol–water partition coefficient (Wildman–Crippen LogP) is 2.21. The molecule has 2 aliphatic rings. The number of carbonyl (C=O) groups excluding carboxylic acids is 2. The summed E-state index contributed by atoms with van der Waals surface area (Å²) in [6.45, 7) is 2.42. The Kier molecular flexibility index (Phi) is 6.44. The summed E-state index contributed by atoms with van der Waals surface area (Å²) in [5.41, 5.74) is 0.918. The van der Waals surface area contributed by atoms with Crippen LogP contribution in [0.1, 0.15) is 37.8 Å². The van der Waals surface area contributed by atoms with Crippen LogP contribution in [-0.4, -0.2) is 65.7 Å². The van der Waals surface area contributed by atoms with Gasteiger partial charge in [-0.05, 0) is 44.2 Å². The van der Waals surface area contributed by atoms with Crippen LogP contribution in [0.15, 0.2) is 24.4 Å². The van der Waals surface area contributed by atoms with Crippen molar-refractivity contribution in [2.24, 2.45) is 0 Å². The van der Waals surface area contributed by atoms with Crippen LogP contribution in [0.4, 0.5) is 4.79 Å². The zero-order valence-electron chi connectivity index (χ0n) is 15.3. The van der Waals surface area contributed by atoms with Crippen molar-refractivity contribution in [2.45, 2.75) is 50.9 Å². The van der Waals surface area contributed by atoms with Gasteiger partial charge in [-0.3, -0.25) is 14.7 Å². The smallest absolute Gasteiger partial charge is 0.410 e. The van der Waals surface area contributed by atoms with Gasteiger partial charge in [0.05, 0.1) is 25.5 Å². The highest BCUT2D eigenvalue weighted by Gasteiger charge is 2.36. The summed E-state index contributed by atoms with van der Waals surface area (Å²) in [7, 11) is 1.36. The molecule has 1 aromatic rings. The number of rotatable bonds is 4. The van der Waals surface area contributed by atoms with Gasteiger partial charge in [-0.15, -0.1) is 0 Å². The first-order chi connectivity index (χ1) is 12.7. The summed E-state index contributed by atoms with van der Waals surface area (Å²) < 4.78 is 10.8. The van der Waals surface area contributed by atoms with Crippen molar-refractivity contribution in [2.75, 3.05) is 26.7 Å². The number of carbonyl (C=O) groups is 2. The molecule has 0 radical (unpaired) electrons. The SMILES string of the molecule is COC(=O)N1CCCC[C@@H]1C(=O)N1CCC(OCc2ccccn2)CC1. The fourth-order valence-corrected chi connectivity index (χ4v) is 3.66. The van der Waals surface area contributed by atoms with Gasteiger partial charge in [0.25, 0.3) is 0 Å². The standard InChI is InChI=1S/C19H27N3O4/c1-25-19(24)22-11-5-3-7-17(22)18(23)21-12-8-16(9-13-21)26-14-15-6-2-4-10-20-15/h2,4,6,10,16-17H,3,5,7-9,11-14H2,1H3/t17-/m1/s1. The third-order valence-electron chi connectivity index (χ3n) is 5.14. The average Bonchev–Trinajstić information content (AvgIpc) is 2.72. The lowest BCUT2D eigenvalue weighted by molar-refractivity contribution is -0.140. The van der Waals surface area contributed by atoms with E-state index in [1.165, 1.54) is 7.11 Å². The van der Waals surface area contributed by atoms with E-state index in [0.717, 1.165) is 31.4 Å². The lowest BCUT2D eigenvalue weighted by Gasteiger charge is -2.39. The van der Waals surface area contributed by atoms with E-state index < -0.39 is 6.09 Å². The molecule has 0 aromatic carbocycles. The lowest BCUT2D eigenvalue weighted by atomic mass is 9.99. The highest BCUT2D eigenvalue weighted by Crippen LogP contribution is 2.23. The third kappa shape index (κ3) is 4.52. The fraction of sp³-hybridized carbons (Fsp3) is 0.632. The molecule has 0 unspecified atom stereocenters. The second-order valence-electron chi connectivity index (χ2n) is 6.83. The molecule has 1 aromatic heterocycles. The van der Waals surface area contributed by atoms with Gasteiger partial charge >= 0.3 is 6.09 Å². The first-order valence-corrected chi connectivity index (χ1v) is 9.34. The molecule has 7 nitrogen and oxygen atoms in total. The molecular formula is C19H27N3O4. The number of amides is 2. The van der Waals surface area contributed by atoms with Gasteiger partial charge in [-0.25, -0.2) is 4.79 Å². The van der Waals surface area contributed by atoms with Crippen LogP contribution >= 0.6 is 0 Å². The van der Waals surface area contributed by atoms with E-state index in [1.807, 2.05) is 23.1 Å². The molecule has 2 fully saturated rings. The summed E-state index contributed by atoms with van der Waals surface area (Å²) in [6.07, 6.45) is 5.71. The predicted molar refractivity (Wildman–Crippen MR) is 95.4 cm³/mol. The van der Waals surface area contributed by atoms with E-state index in [0.29, 0.717) is 32.7 Å². The number of hydrogen-bond donors (Lipinski definition) is 0. The highest BCUT2D eigenvalue weighted by molar-refractivity contribution is 5.86. The Labute approximate surface area is 154 Å². The number of nitrogens with zero attached hydrogens (tertiary/aromatic N) is 3. The largest absolute Gasteiger partial charge is 0.453 e. The number of methoxy groups -OCH3 is 1. The van der Waals surface area contributed by atoms with Crippen LogP contribution in [0.5, 0.6) is 0 Å². The molecule has 2 amide bonds.